The quantitative estimate of drug-likeness (QED) is 0.375. The summed E-state index contributed by atoms with van der Waals surface area (Å²) in [6, 6.07) is -0.493. The Bertz CT molecular complexity index is 86.1. The molecule has 0 saturated heterocycles. The molecule has 0 saturated carbocycles. The van der Waals surface area contributed by atoms with E-state index in [0.29, 0.717) is 5.88 Å². The zero-order valence-corrected chi connectivity index (χ0v) is 5.48. The van der Waals surface area contributed by atoms with Gasteiger partial charge < -0.3 is 5.11 Å². The number of nitrogens with one attached hydrogen (secondary N) is 1. The molecule has 0 aromatic heterocycles. The Morgan fingerprint density at radius 2 is 2.50 bits per heavy atom. The summed E-state index contributed by atoms with van der Waals surface area (Å²) in [5, 5.41) is 10.8. The van der Waals surface area contributed by atoms with Gasteiger partial charge in [-0.05, 0) is 6.92 Å². The highest BCUT2D eigenvalue weighted by molar-refractivity contribution is 7.80. The van der Waals surface area contributed by atoms with Gasteiger partial charge in [0.2, 0.25) is 0 Å². The Balaban J connectivity index is 3.32. The standard InChI is InChI=1S/C4H9NO2S/c1-3(4(6)7)5-2-8/h3,5,8H,2H2,1H3,(H,6,7)/t3-/m0/s1. The van der Waals surface area contributed by atoms with Gasteiger partial charge in [-0.2, -0.15) is 12.6 Å². The van der Waals surface area contributed by atoms with E-state index < -0.39 is 12.0 Å². The van der Waals surface area contributed by atoms with Gasteiger partial charge >= 0.3 is 5.97 Å². The lowest BCUT2D eigenvalue weighted by molar-refractivity contribution is -0.138. The molecule has 0 fully saturated rings. The fraction of sp³-hybridized carbons (Fsp3) is 0.750. The average Bonchev–Trinajstić information content (AvgIpc) is 1.67. The summed E-state index contributed by atoms with van der Waals surface area (Å²) in [7, 11) is 0. The normalized spacial score (nSPS) is 13.2. The highest BCUT2D eigenvalue weighted by atomic mass is 32.1. The fourth-order valence-corrected chi connectivity index (χ4v) is 0.498. The summed E-state index contributed by atoms with van der Waals surface area (Å²) in [5.41, 5.74) is 0. The lowest BCUT2D eigenvalue weighted by atomic mass is 10.4. The first-order valence-corrected chi connectivity index (χ1v) is 2.88. The molecule has 1 atom stereocenters. The maximum absolute atomic E-state index is 9.99. The molecule has 0 bridgehead atoms. The minimum absolute atomic E-state index is 0.396. The maximum atomic E-state index is 9.99. The largest absolute Gasteiger partial charge is 0.480 e. The first kappa shape index (κ1) is 7.78. The average molecular weight is 135 g/mol. The third-order valence-electron chi connectivity index (χ3n) is 0.768. The van der Waals surface area contributed by atoms with Crippen molar-refractivity contribution in [2.24, 2.45) is 0 Å². The van der Waals surface area contributed by atoms with Crippen molar-refractivity contribution in [3.63, 3.8) is 0 Å². The number of hydrogen-bond donors (Lipinski definition) is 3. The molecule has 0 heterocycles. The van der Waals surface area contributed by atoms with E-state index >= 15 is 0 Å². The molecule has 3 nitrogen and oxygen atoms in total. The van der Waals surface area contributed by atoms with Gasteiger partial charge in [0.05, 0.1) is 0 Å². The van der Waals surface area contributed by atoms with E-state index in [9.17, 15) is 4.79 Å². The summed E-state index contributed by atoms with van der Waals surface area (Å²) >= 11 is 3.78. The van der Waals surface area contributed by atoms with E-state index in [0.717, 1.165) is 0 Å². The summed E-state index contributed by atoms with van der Waals surface area (Å²) in [6.45, 7) is 1.57. The van der Waals surface area contributed by atoms with Crippen LogP contribution in [0.1, 0.15) is 6.92 Å². The van der Waals surface area contributed by atoms with Crippen LogP contribution in [-0.2, 0) is 4.79 Å². The van der Waals surface area contributed by atoms with Crippen molar-refractivity contribution in [2.45, 2.75) is 13.0 Å². The highest BCUT2D eigenvalue weighted by Gasteiger charge is 2.06. The molecular weight excluding hydrogens is 126 g/mol. The summed E-state index contributed by atoms with van der Waals surface area (Å²) < 4.78 is 0. The van der Waals surface area contributed by atoms with Gasteiger partial charge in [0, 0.05) is 5.88 Å². The molecule has 0 aromatic rings. The molecule has 48 valence electrons. The first-order chi connectivity index (χ1) is 3.68. The molecule has 0 aliphatic heterocycles. The second-order valence-electron chi connectivity index (χ2n) is 1.42. The molecule has 0 unspecified atom stereocenters. The number of thiol groups is 1. The predicted octanol–water partition coefficient (Wildman–Crippen LogP) is -0.0636. The van der Waals surface area contributed by atoms with Gasteiger partial charge in [-0.3, -0.25) is 10.1 Å². The van der Waals surface area contributed by atoms with Crippen LogP contribution in [0.3, 0.4) is 0 Å². The Kier molecular flexibility index (Phi) is 3.64. The van der Waals surface area contributed by atoms with Gasteiger partial charge in [-0.1, -0.05) is 0 Å². The molecule has 0 aliphatic carbocycles. The Labute approximate surface area is 53.5 Å². The van der Waals surface area contributed by atoms with Crippen LogP contribution in [0.5, 0.6) is 0 Å². The molecule has 0 amide bonds. The second-order valence-corrected chi connectivity index (χ2v) is 1.74. The fourth-order valence-electron chi connectivity index (χ4n) is 0.224. The summed E-state index contributed by atoms with van der Waals surface area (Å²) in [5.74, 6) is -0.452. The van der Waals surface area contributed by atoms with E-state index in [1.54, 1.807) is 6.92 Å². The van der Waals surface area contributed by atoms with Crippen LogP contribution < -0.4 is 5.32 Å². The lowest BCUT2D eigenvalue weighted by Gasteiger charge is -2.03. The van der Waals surface area contributed by atoms with E-state index in [1.807, 2.05) is 0 Å². The molecular formula is C4H9NO2S. The molecule has 2 N–H and O–H groups in total. The monoisotopic (exact) mass is 135 g/mol. The van der Waals surface area contributed by atoms with Crippen LogP contribution in [0, 0.1) is 0 Å². The Morgan fingerprint density at radius 1 is 2.00 bits per heavy atom. The number of rotatable bonds is 3. The van der Waals surface area contributed by atoms with Gasteiger partial charge in [0.15, 0.2) is 0 Å². The van der Waals surface area contributed by atoms with Crippen molar-refractivity contribution in [1.29, 1.82) is 0 Å². The number of carbonyl (C=O) groups is 1. The van der Waals surface area contributed by atoms with Gasteiger partial charge in [-0.15, -0.1) is 0 Å². The lowest BCUT2D eigenvalue weighted by Crippen LogP contribution is -2.32. The molecule has 0 rings (SSSR count). The van der Waals surface area contributed by atoms with Crippen LogP contribution in [0.15, 0.2) is 0 Å². The molecule has 0 radical (unpaired) electrons. The van der Waals surface area contributed by atoms with Gasteiger partial charge in [0.25, 0.3) is 0 Å². The van der Waals surface area contributed by atoms with Gasteiger partial charge in [0.1, 0.15) is 6.04 Å². The van der Waals surface area contributed by atoms with Crippen LogP contribution in [0.4, 0.5) is 0 Å². The zero-order chi connectivity index (χ0) is 6.57. The van der Waals surface area contributed by atoms with Crippen molar-refractivity contribution in [3.05, 3.63) is 0 Å². The minimum Gasteiger partial charge on any atom is -0.480 e. The number of carboxylic acids is 1. The third kappa shape index (κ3) is 2.87. The predicted molar refractivity (Wildman–Crippen MR) is 34.1 cm³/mol. The van der Waals surface area contributed by atoms with Crippen molar-refractivity contribution >= 4 is 18.6 Å². The molecule has 0 aromatic carbocycles. The third-order valence-corrected chi connectivity index (χ3v) is 0.950. The smallest absolute Gasteiger partial charge is 0.320 e. The van der Waals surface area contributed by atoms with Crippen molar-refractivity contribution in [3.8, 4) is 0 Å². The van der Waals surface area contributed by atoms with E-state index in [4.69, 9.17) is 5.11 Å². The summed E-state index contributed by atoms with van der Waals surface area (Å²) in [4.78, 5) is 9.99. The van der Waals surface area contributed by atoms with Crippen LogP contribution in [-0.4, -0.2) is 23.0 Å². The Morgan fingerprint density at radius 3 is 2.62 bits per heavy atom. The summed E-state index contributed by atoms with van der Waals surface area (Å²) in [6.07, 6.45) is 0. The first-order valence-electron chi connectivity index (χ1n) is 2.25. The van der Waals surface area contributed by atoms with Crippen LogP contribution in [0.2, 0.25) is 0 Å². The molecule has 0 spiro atoms. The van der Waals surface area contributed by atoms with E-state index in [2.05, 4.69) is 17.9 Å². The molecule has 4 heteroatoms. The SMILES string of the molecule is C[C@H](NCS)C(=O)O. The minimum atomic E-state index is -0.848. The molecule has 0 aliphatic rings. The number of hydrogen-bond acceptors (Lipinski definition) is 3. The van der Waals surface area contributed by atoms with E-state index in [1.165, 1.54) is 0 Å². The van der Waals surface area contributed by atoms with Crippen molar-refractivity contribution in [2.75, 3.05) is 5.88 Å². The second kappa shape index (κ2) is 3.74. The topological polar surface area (TPSA) is 49.3 Å². The highest BCUT2D eigenvalue weighted by Crippen LogP contribution is 1.79. The zero-order valence-electron chi connectivity index (χ0n) is 4.59. The Hall–Kier alpha value is -0.220. The van der Waals surface area contributed by atoms with E-state index in [-0.39, 0.29) is 0 Å². The number of aliphatic carboxylic acids is 1. The van der Waals surface area contributed by atoms with Gasteiger partial charge in [-0.25, -0.2) is 0 Å². The van der Waals surface area contributed by atoms with Crippen LogP contribution in [0.25, 0.3) is 0 Å². The maximum Gasteiger partial charge on any atom is 0.320 e. The molecule has 8 heavy (non-hydrogen) atoms. The van der Waals surface area contributed by atoms with Crippen molar-refractivity contribution in [1.82, 2.24) is 5.32 Å². The van der Waals surface area contributed by atoms with Crippen LogP contribution >= 0.6 is 12.6 Å². The number of carboxylic acid groups (broad SMARTS) is 1. The van der Waals surface area contributed by atoms with Crippen molar-refractivity contribution < 1.29 is 9.90 Å².